The fraction of sp³-hybridized carbons (Fsp3) is 0.368. The van der Waals surface area contributed by atoms with Crippen molar-refractivity contribution in [3.63, 3.8) is 0 Å². The molecule has 0 radical (unpaired) electrons. The number of benzene rings is 2. The second-order valence-corrected chi connectivity index (χ2v) is 6.30. The van der Waals surface area contributed by atoms with Gasteiger partial charge in [0.1, 0.15) is 0 Å². The molecule has 2 heteroatoms. The molecular weight excluding hydrogens is 256 g/mol. The zero-order chi connectivity index (χ0) is 14.2. The zero-order valence-corrected chi connectivity index (χ0v) is 12.6. The lowest BCUT2D eigenvalue weighted by Gasteiger charge is -2.24. The minimum atomic E-state index is 0.697. The molecule has 2 heterocycles. The topological polar surface area (TPSA) is 15.3 Å². The van der Waals surface area contributed by atoms with E-state index in [9.17, 15) is 0 Å². The van der Waals surface area contributed by atoms with E-state index in [0.29, 0.717) is 6.04 Å². The summed E-state index contributed by atoms with van der Waals surface area (Å²) in [7, 11) is 0. The quantitative estimate of drug-likeness (QED) is 0.860. The van der Waals surface area contributed by atoms with E-state index in [2.05, 4.69) is 59.6 Å². The van der Waals surface area contributed by atoms with Crippen LogP contribution in [0.4, 0.5) is 5.69 Å². The van der Waals surface area contributed by atoms with Crippen LogP contribution in [-0.4, -0.2) is 25.7 Å². The standard InChI is InChI=1S/C19H22N2/c1-14-2-4-15(5-3-14)16-6-7-17-12-18-8-9-20-10-11-21(18)19(17)13-16/h2-7,13,18,20H,8-12H2,1H3. The average molecular weight is 278 g/mol. The summed E-state index contributed by atoms with van der Waals surface area (Å²) < 4.78 is 0. The summed E-state index contributed by atoms with van der Waals surface area (Å²) in [4.78, 5) is 2.62. The van der Waals surface area contributed by atoms with E-state index < -0.39 is 0 Å². The summed E-state index contributed by atoms with van der Waals surface area (Å²) in [6, 6.07) is 16.6. The van der Waals surface area contributed by atoms with E-state index in [-0.39, 0.29) is 0 Å². The Morgan fingerprint density at radius 2 is 1.81 bits per heavy atom. The summed E-state index contributed by atoms with van der Waals surface area (Å²) in [6.07, 6.45) is 2.47. The number of hydrogen-bond donors (Lipinski definition) is 1. The number of fused-ring (bicyclic) bond motifs is 3. The van der Waals surface area contributed by atoms with Gasteiger partial charge in [-0.05, 0) is 49.1 Å². The van der Waals surface area contributed by atoms with Crippen LogP contribution in [0.15, 0.2) is 42.5 Å². The Bertz CT molecular complexity index is 645. The highest BCUT2D eigenvalue weighted by Crippen LogP contribution is 2.37. The maximum atomic E-state index is 3.52. The van der Waals surface area contributed by atoms with Crippen molar-refractivity contribution in [2.24, 2.45) is 0 Å². The molecule has 0 bridgehead atoms. The number of nitrogens with one attached hydrogen (secondary N) is 1. The number of hydrogen-bond acceptors (Lipinski definition) is 2. The first kappa shape index (κ1) is 12.9. The third kappa shape index (κ3) is 2.34. The first-order chi connectivity index (χ1) is 10.3. The van der Waals surface area contributed by atoms with Crippen LogP contribution in [0.5, 0.6) is 0 Å². The highest BCUT2D eigenvalue weighted by Gasteiger charge is 2.30. The zero-order valence-electron chi connectivity index (χ0n) is 12.6. The van der Waals surface area contributed by atoms with Gasteiger partial charge >= 0.3 is 0 Å². The molecule has 2 aliphatic heterocycles. The molecule has 2 aliphatic rings. The number of anilines is 1. The summed E-state index contributed by atoms with van der Waals surface area (Å²) in [5.41, 5.74) is 6.96. The van der Waals surface area contributed by atoms with Crippen LogP contribution in [0.2, 0.25) is 0 Å². The Kier molecular flexibility index (Phi) is 3.19. The van der Waals surface area contributed by atoms with Gasteiger partial charge in [-0.15, -0.1) is 0 Å². The minimum Gasteiger partial charge on any atom is -0.367 e. The van der Waals surface area contributed by atoms with Gasteiger partial charge in [-0.1, -0.05) is 42.0 Å². The highest BCUT2D eigenvalue weighted by atomic mass is 15.2. The van der Waals surface area contributed by atoms with Crippen molar-refractivity contribution in [3.8, 4) is 11.1 Å². The minimum absolute atomic E-state index is 0.697. The molecule has 0 aliphatic carbocycles. The van der Waals surface area contributed by atoms with Crippen LogP contribution < -0.4 is 10.2 Å². The lowest BCUT2D eigenvalue weighted by molar-refractivity contribution is 0.612. The van der Waals surface area contributed by atoms with Gasteiger partial charge in [-0.2, -0.15) is 0 Å². The maximum Gasteiger partial charge on any atom is 0.0408 e. The molecule has 0 aromatic heterocycles. The van der Waals surface area contributed by atoms with Crippen LogP contribution in [-0.2, 0) is 6.42 Å². The van der Waals surface area contributed by atoms with Crippen molar-refractivity contribution in [3.05, 3.63) is 53.6 Å². The van der Waals surface area contributed by atoms with Crippen LogP contribution >= 0.6 is 0 Å². The van der Waals surface area contributed by atoms with Gasteiger partial charge in [0, 0.05) is 24.8 Å². The van der Waals surface area contributed by atoms with Gasteiger partial charge < -0.3 is 10.2 Å². The Labute approximate surface area is 126 Å². The van der Waals surface area contributed by atoms with Crippen LogP contribution in [0.1, 0.15) is 17.5 Å². The van der Waals surface area contributed by atoms with Gasteiger partial charge in [0.25, 0.3) is 0 Å². The second-order valence-electron chi connectivity index (χ2n) is 6.30. The highest BCUT2D eigenvalue weighted by molar-refractivity contribution is 5.72. The predicted octanol–water partition coefficient (Wildman–Crippen LogP) is 3.39. The molecule has 1 atom stereocenters. The molecule has 2 nitrogen and oxygen atoms in total. The second kappa shape index (κ2) is 5.19. The van der Waals surface area contributed by atoms with Crippen molar-refractivity contribution >= 4 is 5.69 Å². The van der Waals surface area contributed by atoms with Gasteiger partial charge in [0.2, 0.25) is 0 Å². The SMILES string of the molecule is Cc1ccc(-c2ccc3c(c2)N2CCNCCC2C3)cc1. The molecule has 0 spiro atoms. The van der Waals surface area contributed by atoms with Gasteiger partial charge in [-0.25, -0.2) is 0 Å². The van der Waals surface area contributed by atoms with E-state index in [0.717, 1.165) is 19.6 Å². The molecule has 1 N–H and O–H groups in total. The summed E-state index contributed by atoms with van der Waals surface area (Å²) in [6.45, 7) is 5.53. The lowest BCUT2D eigenvalue weighted by Crippen LogP contribution is -2.32. The number of rotatable bonds is 1. The third-order valence-electron chi connectivity index (χ3n) is 4.86. The third-order valence-corrected chi connectivity index (χ3v) is 4.86. The first-order valence-electron chi connectivity index (χ1n) is 7.98. The number of aryl methyl sites for hydroxylation is 1. The average Bonchev–Trinajstić information content (AvgIpc) is 2.68. The Morgan fingerprint density at radius 3 is 2.67 bits per heavy atom. The molecule has 1 unspecified atom stereocenters. The van der Waals surface area contributed by atoms with Gasteiger partial charge in [-0.3, -0.25) is 0 Å². The summed E-state index contributed by atoms with van der Waals surface area (Å²) >= 11 is 0. The lowest BCUT2D eigenvalue weighted by atomic mass is 10.0. The normalized spacial score (nSPS) is 20.8. The van der Waals surface area contributed by atoms with Gasteiger partial charge in [0.15, 0.2) is 0 Å². The first-order valence-corrected chi connectivity index (χ1v) is 7.98. The van der Waals surface area contributed by atoms with E-state index in [1.54, 1.807) is 0 Å². The molecule has 0 amide bonds. The Morgan fingerprint density at radius 1 is 1.00 bits per heavy atom. The Balaban J connectivity index is 1.71. The van der Waals surface area contributed by atoms with E-state index >= 15 is 0 Å². The largest absolute Gasteiger partial charge is 0.367 e. The van der Waals surface area contributed by atoms with Crippen molar-refractivity contribution in [1.82, 2.24) is 5.32 Å². The van der Waals surface area contributed by atoms with Crippen molar-refractivity contribution in [1.29, 1.82) is 0 Å². The monoisotopic (exact) mass is 278 g/mol. The maximum absolute atomic E-state index is 3.52. The molecule has 21 heavy (non-hydrogen) atoms. The molecular formula is C19H22N2. The molecule has 2 aromatic rings. The summed E-state index contributed by atoms with van der Waals surface area (Å²) in [5, 5.41) is 3.52. The van der Waals surface area contributed by atoms with Crippen molar-refractivity contribution in [2.75, 3.05) is 24.5 Å². The van der Waals surface area contributed by atoms with E-state index in [1.165, 1.54) is 40.8 Å². The molecule has 4 rings (SSSR count). The summed E-state index contributed by atoms with van der Waals surface area (Å²) in [5.74, 6) is 0. The van der Waals surface area contributed by atoms with Gasteiger partial charge in [0.05, 0.1) is 0 Å². The van der Waals surface area contributed by atoms with Crippen molar-refractivity contribution in [2.45, 2.75) is 25.8 Å². The molecule has 1 saturated heterocycles. The Hall–Kier alpha value is -1.80. The molecule has 0 saturated carbocycles. The molecule has 108 valence electrons. The molecule has 2 aromatic carbocycles. The van der Waals surface area contributed by atoms with Crippen LogP contribution in [0.25, 0.3) is 11.1 Å². The van der Waals surface area contributed by atoms with Crippen molar-refractivity contribution < 1.29 is 0 Å². The van der Waals surface area contributed by atoms with E-state index in [4.69, 9.17) is 0 Å². The number of nitrogens with zero attached hydrogens (tertiary/aromatic N) is 1. The smallest absolute Gasteiger partial charge is 0.0408 e. The fourth-order valence-corrected chi connectivity index (χ4v) is 3.64. The fourth-order valence-electron chi connectivity index (χ4n) is 3.64. The van der Waals surface area contributed by atoms with Crippen LogP contribution in [0, 0.1) is 6.92 Å². The van der Waals surface area contributed by atoms with E-state index in [1.807, 2.05) is 0 Å². The van der Waals surface area contributed by atoms with Crippen LogP contribution in [0.3, 0.4) is 0 Å². The predicted molar refractivity (Wildman–Crippen MR) is 88.9 cm³/mol. The molecule has 1 fully saturated rings.